The van der Waals surface area contributed by atoms with Crippen molar-refractivity contribution in [1.82, 2.24) is 5.32 Å². The number of ether oxygens (including phenoxy) is 2. The average Bonchev–Trinajstić information content (AvgIpc) is 2.66. The van der Waals surface area contributed by atoms with Crippen molar-refractivity contribution in [2.24, 2.45) is 5.92 Å². The summed E-state index contributed by atoms with van der Waals surface area (Å²) in [6.45, 7) is 3.72. The fraction of sp³-hybridized carbons (Fsp3) is 0.368. The van der Waals surface area contributed by atoms with Gasteiger partial charge in [-0.3, -0.25) is 14.4 Å². The number of hydrogen-bond donors (Lipinski definition) is 1. The highest BCUT2D eigenvalue weighted by Gasteiger charge is 2.45. The molecule has 9 heteroatoms. The van der Waals surface area contributed by atoms with E-state index >= 15 is 0 Å². The molecule has 28 heavy (non-hydrogen) atoms. The zero-order valence-electron chi connectivity index (χ0n) is 15.4. The van der Waals surface area contributed by atoms with Crippen molar-refractivity contribution in [3.8, 4) is 6.07 Å². The van der Waals surface area contributed by atoms with Crippen LogP contribution in [0.5, 0.6) is 0 Å². The number of hydrogen-bond acceptors (Lipinski definition) is 7. The second kappa shape index (κ2) is 10.5. The van der Waals surface area contributed by atoms with Gasteiger partial charge in [-0.25, -0.2) is 0 Å². The summed E-state index contributed by atoms with van der Waals surface area (Å²) in [5.41, 5.74) is 0.901. The van der Waals surface area contributed by atoms with Crippen LogP contribution in [-0.4, -0.2) is 36.8 Å². The van der Waals surface area contributed by atoms with E-state index in [1.807, 2.05) is 12.1 Å². The normalized spacial score (nSPS) is 18.9. The number of carbonyl (C=O) groups is 3. The molecule has 1 aromatic rings. The molecule has 0 unspecified atom stereocenters. The SMILES string of the molecule is CCOC(=O)CSC1=C(C#N)[C@@H](c2ccccc2I)[C@@H](C(=O)OCC)C(=O)N1. The van der Waals surface area contributed by atoms with E-state index in [9.17, 15) is 19.6 Å². The van der Waals surface area contributed by atoms with E-state index in [0.29, 0.717) is 5.56 Å². The number of halogens is 1. The van der Waals surface area contributed by atoms with Gasteiger partial charge in [0.2, 0.25) is 5.91 Å². The highest BCUT2D eigenvalue weighted by molar-refractivity contribution is 14.1. The van der Waals surface area contributed by atoms with E-state index in [-0.39, 0.29) is 29.6 Å². The van der Waals surface area contributed by atoms with Crippen LogP contribution in [0.1, 0.15) is 25.3 Å². The van der Waals surface area contributed by atoms with Gasteiger partial charge in [0, 0.05) is 9.49 Å². The lowest BCUT2D eigenvalue weighted by molar-refractivity contribution is -0.153. The van der Waals surface area contributed by atoms with E-state index in [4.69, 9.17) is 9.47 Å². The van der Waals surface area contributed by atoms with Crippen LogP contribution in [0.4, 0.5) is 0 Å². The van der Waals surface area contributed by atoms with Crippen molar-refractivity contribution >= 4 is 52.2 Å². The highest BCUT2D eigenvalue weighted by atomic mass is 127. The number of rotatable bonds is 7. The largest absolute Gasteiger partial charge is 0.465 e. The first-order valence-corrected chi connectivity index (χ1v) is 10.7. The van der Waals surface area contributed by atoms with Gasteiger partial charge in [-0.1, -0.05) is 30.0 Å². The third kappa shape index (κ3) is 5.05. The van der Waals surface area contributed by atoms with Gasteiger partial charge >= 0.3 is 11.9 Å². The Labute approximate surface area is 181 Å². The van der Waals surface area contributed by atoms with E-state index < -0.39 is 29.7 Å². The molecule has 2 atom stereocenters. The summed E-state index contributed by atoms with van der Waals surface area (Å²) in [6, 6.07) is 9.35. The summed E-state index contributed by atoms with van der Waals surface area (Å²) in [7, 11) is 0. The number of carbonyl (C=O) groups excluding carboxylic acids is 3. The minimum Gasteiger partial charge on any atom is -0.465 e. The number of nitriles is 1. The minimum absolute atomic E-state index is 0.0582. The Morgan fingerprint density at radius 2 is 1.93 bits per heavy atom. The van der Waals surface area contributed by atoms with Crippen molar-refractivity contribution < 1.29 is 23.9 Å². The Hall–Kier alpha value is -2.06. The molecule has 1 N–H and O–H groups in total. The predicted octanol–water partition coefficient (Wildman–Crippen LogP) is 2.72. The summed E-state index contributed by atoms with van der Waals surface area (Å²) < 4.78 is 10.8. The molecule has 0 aromatic heterocycles. The summed E-state index contributed by atoms with van der Waals surface area (Å²) in [4.78, 5) is 37.0. The number of benzene rings is 1. The van der Waals surface area contributed by atoms with Crippen molar-refractivity contribution in [3.63, 3.8) is 0 Å². The van der Waals surface area contributed by atoms with Crippen molar-refractivity contribution in [2.45, 2.75) is 19.8 Å². The van der Waals surface area contributed by atoms with E-state index in [2.05, 4.69) is 34.0 Å². The van der Waals surface area contributed by atoms with Crippen LogP contribution in [0, 0.1) is 20.8 Å². The van der Waals surface area contributed by atoms with Crippen LogP contribution >= 0.6 is 34.4 Å². The standard InChI is InChI=1S/C19H19IN2O5S/c1-3-26-14(23)10-28-18-12(9-21)15(11-7-5-6-8-13(11)20)16(17(24)22-18)19(25)27-4-2/h5-8,15-16H,3-4,10H2,1-2H3,(H,22,24)/t15-,16-/m1/s1. The van der Waals surface area contributed by atoms with Gasteiger partial charge < -0.3 is 14.8 Å². The van der Waals surface area contributed by atoms with Gasteiger partial charge in [0.15, 0.2) is 0 Å². The first-order valence-electron chi connectivity index (χ1n) is 8.59. The second-order valence-electron chi connectivity index (χ2n) is 5.67. The Balaban J connectivity index is 2.51. The molecular weight excluding hydrogens is 495 g/mol. The summed E-state index contributed by atoms with van der Waals surface area (Å²) in [6.07, 6.45) is 0. The third-order valence-corrected chi connectivity index (χ3v) is 5.92. The van der Waals surface area contributed by atoms with Crippen LogP contribution in [0.3, 0.4) is 0 Å². The molecule has 0 bridgehead atoms. The first-order chi connectivity index (χ1) is 13.4. The molecule has 1 amide bonds. The maximum Gasteiger partial charge on any atom is 0.319 e. The van der Waals surface area contributed by atoms with Crippen LogP contribution in [0.2, 0.25) is 0 Å². The molecule has 1 aromatic carbocycles. The van der Waals surface area contributed by atoms with Gasteiger partial charge in [0.05, 0.1) is 35.6 Å². The van der Waals surface area contributed by atoms with E-state index in [1.54, 1.807) is 26.0 Å². The van der Waals surface area contributed by atoms with Gasteiger partial charge in [0.25, 0.3) is 0 Å². The van der Waals surface area contributed by atoms with Crippen molar-refractivity contribution in [1.29, 1.82) is 5.26 Å². The zero-order chi connectivity index (χ0) is 20.7. The smallest absolute Gasteiger partial charge is 0.319 e. The number of esters is 2. The van der Waals surface area contributed by atoms with Gasteiger partial charge in [-0.15, -0.1) is 0 Å². The topological polar surface area (TPSA) is 105 Å². The molecule has 0 saturated carbocycles. The molecule has 0 aliphatic carbocycles. The highest BCUT2D eigenvalue weighted by Crippen LogP contribution is 2.41. The number of nitrogens with one attached hydrogen (secondary N) is 1. The van der Waals surface area contributed by atoms with Gasteiger partial charge in [0.1, 0.15) is 5.92 Å². The maximum absolute atomic E-state index is 12.8. The molecule has 148 valence electrons. The first kappa shape index (κ1) is 22.2. The van der Waals surface area contributed by atoms with Crippen LogP contribution in [0.15, 0.2) is 34.9 Å². The Kier molecular flexibility index (Phi) is 8.32. The molecule has 1 aliphatic heterocycles. The van der Waals surface area contributed by atoms with Crippen LogP contribution < -0.4 is 5.32 Å². The summed E-state index contributed by atoms with van der Waals surface area (Å²) >= 11 is 3.11. The van der Waals surface area contributed by atoms with Crippen LogP contribution in [-0.2, 0) is 23.9 Å². The molecule has 0 radical (unpaired) electrons. The second-order valence-corrected chi connectivity index (χ2v) is 7.81. The number of amides is 1. The van der Waals surface area contributed by atoms with Gasteiger partial charge in [-0.05, 0) is 48.1 Å². The monoisotopic (exact) mass is 514 g/mol. The fourth-order valence-corrected chi connectivity index (χ4v) is 4.39. The Morgan fingerprint density at radius 1 is 1.25 bits per heavy atom. The number of nitrogens with zero attached hydrogens (tertiary/aromatic N) is 1. The average molecular weight is 514 g/mol. The lowest BCUT2D eigenvalue weighted by Gasteiger charge is -2.31. The lowest BCUT2D eigenvalue weighted by atomic mass is 9.78. The summed E-state index contributed by atoms with van der Waals surface area (Å²) in [5, 5.41) is 12.7. The number of thioether (sulfide) groups is 1. The quantitative estimate of drug-likeness (QED) is 0.339. The third-order valence-electron chi connectivity index (χ3n) is 3.95. The summed E-state index contributed by atoms with van der Waals surface area (Å²) in [5.74, 6) is -3.74. The Morgan fingerprint density at radius 3 is 2.54 bits per heavy atom. The van der Waals surface area contributed by atoms with Gasteiger partial charge in [-0.2, -0.15) is 5.26 Å². The molecule has 0 spiro atoms. The number of allylic oxidation sites excluding steroid dienone is 1. The molecule has 0 fully saturated rings. The lowest BCUT2D eigenvalue weighted by Crippen LogP contribution is -2.44. The van der Waals surface area contributed by atoms with E-state index in [1.165, 1.54) is 0 Å². The molecular formula is C19H19IN2O5S. The molecule has 2 rings (SSSR count). The van der Waals surface area contributed by atoms with E-state index in [0.717, 1.165) is 15.3 Å². The van der Waals surface area contributed by atoms with Crippen molar-refractivity contribution in [3.05, 3.63) is 44.0 Å². The molecule has 7 nitrogen and oxygen atoms in total. The maximum atomic E-state index is 12.8. The predicted molar refractivity (Wildman–Crippen MR) is 112 cm³/mol. The van der Waals surface area contributed by atoms with Crippen LogP contribution in [0.25, 0.3) is 0 Å². The minimum atomic E-state index is -1.18. The van der Waals surface area contributed by atoms with Crippen molar-refractivity contribution in [2.75, 3.05) is 19.0 Å². The molecule has 1 aliphatic rings. The zero-order valence-corrected chi connectivity index (χ0v) is 18.3. The molecule has 0 saturated heterocycles. The Bertz CT molecular complexity index is 849. The fourth-order valence-electron chi connectivity index (χ4n) is 2.82. The molecule has 1 heterocycles.